The molecule has 2 aromatic heterocycles. The van der Waals surface area contributed by atoms with E-state index < -0.39 is 12.6 Å². The van der Waals surface area contributed by atoms with Gasteiger partial charge in [-0.2, -0.15) is 18.4 Å². The minimum atomic E-state index is -4.26. The van der Waals surface area contributed by atoms with Crippen molar-refractivity contribution in [1.82, 2.24) is 15.3 Å². The molecule has 35 heavy (non-hydrogen) atoms. The quantitative estimate of drug-likeness (QED) is 0.532. The zero-order valence-electron chi connectivity index (χ0n) is 18.9. The van der Waals surface area contributed by atoms with Gasteiger partial charge in [-0.1, -0.05) is 12.1 Å². The Morgan fingerprint density at radius 1 is 1.29 bits per heavy atom. The first-order valence-corrected chi connectivity index (χ1v) is 12.4. The third kappa shape index (κ3) is 5.10. The number of thiophene rings is 1. The van der Waals surface area contributed by atoms with Crippen molar-refractivity contribution in [2.75, 3.05) is 18.0 Å². The van der Waals surface area contributed by atoms with Gasteiger partial charge >= 0.3 is 6.18 Å². The van der Waals surface area contributed by atoms with Crippen molar-refractivity contribution in [1.29, 1.82) is 5.26 Å². The highest BCUT2D eigenvalue weighted by Crippen LogP contribution is 2.47. The third-order valence-electron chi connectivity index (χ3n) is 6.98. The van der Waals surface area contributed by atoms with E-state index in [1.165, 1.54) is 6.33 Å². The third-order valence-corrected chi connectivity index (χ3v) is 8.03. The fourth-order valence-electron chi connectivity index (χ4n) is 5.43. The molecule has 0 radical (unpaired) electrons. The fourth-order valence-corrected chi connectivity index (χ4v) is 6.45. The lowest BCUT2D eigenvalue weighted by Gasteiger charge is -2.25. The van der Waals surface area contributed by atoms with Crippen molar-refractivity contribution in [3.8, 4) is 6.07 Å². The molecular formula is C25H24F3N5OS. The Morgan fingerprint density at radius 2 is 2.14 bits per heavy atom. The molecule has 10 heteroatoms. The predicted molar refractivity (Wildman–Crippen MR) is 127 cm³/mol. The number of hydrogen-bond donors (Lipinski definition) is 1. The van der Waals surface area contributed by atoms with E-state index in [4.69, 9.17) is 5.26 Å². The number of halogens is 3. The molecule has 2 aliphatic rings. The average molecular weight is 500 g/mol. The summed E-state index contributed by atoms with van der Waals surface area (Å²) in [6, 6.07) is 10.9. The van der Waals surface area contributed by atoms with Crippen LogP contribution in [0.15, 0.2) is 36.7 Å². The second kappa shape index (κ2) is 9.11. The minimum absolute atomic E-state index is 0.0443. The number of carbonyl (C=O) groups excluding carboxylic acids is 1. The second-order valence-electron chi connectivity index (χ2n) is 9.54. The molecule has 182 valence electrons. The van der Waals surface area contributed by atoms with E-state index in [1.54, 1.807) is 24.3 Å². The van der Waals surface area contributed by atoms with Gasteiger partial charge in [-0.3, -0.25) is 4.79 Å². The normalized spacial score (nSPS) is 22.1. The summed E-state index contributed by atoms with van der Waals surface area (Å²) in [5.74, 6) is 0.563. The molecule has 1 spiro atoms. The van der Waals surface area contributed by atoms with E-state index in [2.05, 4.69) is 26.3 Å². The summed E-state index contributed by atoms with van der Waals surface area (Å²) in [5, 5.41) is 12.7. The lowest BCUT2D eigenvalue weighted by atomic mass is 9.85. The van der Waals surface area contributed by atoms with Gasteiger partial charge in [0.1, 0.15) is 17.0 Å². The smallest absolute Gasteiger partial charge is 0.355 e. The molecule has 1 N–H and O–H groups in total. The van der Waals surface area contributed by atoms with Crippen LogP contribution < -0.4 is 10.2 Å². The highest BCUT2D eigenvalue weighted by Gasteiger charge is 2.45. The Kier molecular flexibility index (Phi) is 6.13. The molecule has 2 atom stereocenters. The van der Waals surface area contributed by atoms with Gasteiger partial charge in [0.15, 0.2) is 0 Å². The van der Waals surface area contributed by atoms with Crippen LogP contribution in [0.5, 0.6) is 0 Å². The van der Waals surface area contributed by atoms with E-state index in [9.17, 15) is 18.0 Å². The van der Waals surface area contributed by atoms with Crippen LogP contribution in [-0.4, -0.2) is 41.2 Å². The predicted octanol–water partition coefficient (Wildman–Crippen LogP) is 5.04. The molecule has 6 nitrogen and oxygen atoms in total. The second-order valence-corrected chi connectivity index (χ2v) is 10.7. The first kappa shape index (κ1) is 23.5. The molecule has 1 aromatic carbocycles. The van der Waals surface area contributed by atoms with Gasteiger partial charge < -0.3 is 10.2 Å². The summed E-state index contributed by atoms with van der Waals surface area (Å²) in [5.41, 5.74) is 1.42. The molecule has 2 fully saturated rings. The number of carbonyl (C=O) groups is 1. The highest BCUT2D eigenvalue weighted by molar-refractivity contribution is 7.18. The van der Waals surface area contributed by atoms with Gasteiger partial charge in [0, 0.05) is 29.6 Å². The number of anilines is 1. The van der Waals surface area contributed by atoms with Crippen LogP contribution in [0.3, 0.4) is 0 Å². The van der Waals surface area contributed by atoms with Crippen LogP contribution >= 0.6 is 11.3 Å². The van der Waals surface area contributed by atoms with Gasteiger partial charge in [0.05, 0.1) is 24.3 Å². The molecule has 1 aliphatic heterocycles. The van der Waals surface area contributed by atoms with Crippen molar-refractivity contribution >= 4 is 33.3 Å². The molecule has 1 aliphatic carbocycles. The molecule has 1 saturated carbocycles. The largest absolute Gasteiger partial charge is 0.393 e. The van der Waals surface area contributed by atoms with E-state index >= 15 is 0 Å². The van der Waals surface area contributed by atoms with Crippen LogP contribution in [0.2, 0.25) is 0 Å². The standard InChI is InChI=1S/C25H24F3N5OS/c26-25(27,28)13-19-11-20-21(30-15-31-23(20)35-19)33-9-7-24(14-33)6-4-18(12-24)32-22(34)17-3-1-2-16(10-17)5-8-29/h1-3,10-11,15,18H,4-7,9,12-14H2,(H,32,34). The summed E-state index contributed by atoms with van der Waals surface area (Å²) in [4.78, 5) is 24.4. The first-order chi connectivity index (χ1) is 16.7. The number of fused-ring (bicyclic) bond motifs is 1. The lowest BCUT2D eigenvalue weighted by molar-refractivity contribution is -0.126. The minimum Gasteiger partial charge on any atom is -0.355 e. The SMILES string of the molecule is N#CCc1cccc(C(=O)NC2CCC3(CCN(c4ncnc5sc(CC(F)(F)F)cc45)C3)C2)c1. The zero-order valence-corrected chi connectivity index (χ0v) is 19.8. The Morgan fingerprint density at radius 3 is 2.94 bits per heavy atom. The Balaban J connectivity index is 1.26. The molecule has 5 rings (SSSR count). The Labute approximate surface area is 204 Å². The number of nitrogens with zero attached hydrogens (tertiary/aromatic N) is 4. The molecule has 3 aromatic rings. The van der Waals surface area contributed by atoms with Gasteiger partial charge in [-0.05, 0) is 54.9 Å². The van der Waals surface area contributed by atoms with Gasteiger partial charge in [-0.25, -0.2) is 9.97 Å². The summed E-state index contributed by atoms with van der Waals surface area (Å²) < 4.78 is 38.6. The number of amides is 1. The Bertz CT molecular complexity index is 1300. The number of aromatic nitrogens is 2. The van der Waals surface area contributed by atoms with Crippen molar-refractivity contribution in [3.63, 3.8) is 0 Å². The van der Waals surface area contributed by atoms with Crippen molar-refractivity contribution < 1.29 is 18.0 Å². The van der Waals surface area contributed by atoms with Gasteiger partial charge in [-0.15, -0.1) is 11.3 Å². The number of benzene rings is 1. The average Bonchev–Trinajstić information content (AvgIpc) is 3.51. The molecule has 3 heterocycles. The number of rotatable bonds is 5. The summed E-state index contributed by atoms with van der Waals surface area (Å²) in [6.07, 6.45) is 0.123. The van der Waals surface area contributed by atoms with Crippen LogP contribution in [0.1, 0.15) is 46.5 Å². The summed E-state index contributed by atoms with van der Waals surface area (Å²) in [6.45, 7) is 1.53. The van der Waals surface area contributed by atoms with Crippen LogP contribution in [0, 0.1) is 16.7 Å². The van der Waals surface area contributed by atoms with E-state index in [1.807, 2.05) is 6.07 Å². The number of nitriles is 1. The molecule has 0 bridgehead atoms. The monoisotopic (exact) mass is 499 g/mol. The van der Waals surface area contributed by atoms with Gasteiger partial charge in [0.2, 0.25) is 0 Å². The summed E-state index contributed by atoms with van der Waals surface area (Å²) in [7, 11) is 0. The molecule has 1 amide bonds. The van der Waals surface area contributed by atoms with Crippen LogP contribution in [-0.2, 0) is 12.8 Å². The van der Waals surface area contributed by atoms with E-state index in [0.717, 1.165) is 55.7 Å². The maximum absolute atomic E-state index is 12.9. The highest BCUT2D eigenvalue weighted by atomic mass is 32.1. The van der Waals surface area contributed by atoms with Crippen molar-refractivity contribution in [2.24, 2.45) is 5.41 Å². The van der Waals surface area contributed by atoms with Crippen molar-refractivity contribution in [2.45, 2.75) is 50.7 Å². The molecule has 1 saturated heterocycles. The van der Waals surface area contributed by atoms with Crippen LogP contribution in [0.4, 0.5) is 19.0 Å². The maximum atomic E-state index is 12.9. The van der Waals surface area contributed by atoms with Crippen molar-refractivity contribution in [3.05, 3.63) is 52.7 Å². The first-order valence-electron chi connectivity index (χ1n) is 11.6. The number of hydrogen-bond acceptors (Lipinski definition) is 6. The van der Waals surface area contributed by atoms with Gasteiger partial charge in [0.25, 0.3) is 5.91 Å². The Hall–Kier alpha value is -3.19. The topological polar surface area (TPSA) is 81.9 Å². The molecule has 2 unspecified atom stereocenters. The van der Waals surface area contributed by atoms with E-state index in [-0.39, 0.29) is 28.7 Å². The molecular weight excluding hydrogens is 475 g/mol. The fraction of sp³-hybridized carbons (Fsp3) is 0.440. The van der Waals surface area contributed by atoms with E-state index in [0.29, 0.717) is 21.6 Å². The van der Waals surface area contributed by atoms with Crippen LogP contribution in [0.25, 0.3) is 10.2 Å². The lowest BCUT2D eigenvalue weighted by Crippen LogP contribution is -2.34. The number of nitrogens with one attached hydrogen (secondary N) is 1. The number of alkyl halides is 3. The zero-order chi connectivity index (χ0) is 24.6. The maximum Gasteiger partial charge on any atom is 0.393 e. The summed E-state index contributed by atoms with van der Waals surface area (Å²) >= 11 is 1.07.